The van der Waals surface area contributed by atoms with Crippen molar-refractivity contribution in [3.63, 3.8) is 0 Å². The van der Waals surface area contributed by atoms with Crippen LogP contribution in [0, 0.1) is 22.7 Å². The van der Waals surface area contributed by atoms with E-state index < -0.39 is 24.3 Å². The number of carbonyl (C=O) groups is 2. The maximum absolute atomic E-state index is 12.0. The average Bonchev–Trinajstić information content (AvgIpc) is 2.66. The summed E-state index contributed by atoms with van der Waals surface area (Å²) in [6.07, 6.45) is 0. The van der Waals surface area contributed by atoms with E-state index in [0.717, 1.165) is 5.56 Å². The average molecular weight is 350 g/mol. The lowest BCUT2D eigenvalue weighted by Crippen LogP contribution is -2.25. The second-order valence-corrected chi connectivity index (χ2v) is 5.59. The predicted molar refractivity (Wildman–Crippen MR) is 95.0 cm³/mol. The maximum Gasteiger partial charge on any atom is 0.338 e. The highest BCUT2D eigenvalue weighted by atomic mass is 16.5. The van der Waals surface area contributed by atoms with Gasteiger partial charge in [-0.1, -0.05) is 30.3 Å². The van der Waals surface area contributed by atoms with Crippen molar-refractivity contribution in [3.05, 3.63) is 65.7 Å². The Labute approximate surface area is 151 Å². The molecule has 2 aromatic carbocycles. The van der Waals surface area contributed by atoms with Crippen molar-refractivity contribution >= 4 is 17.5 Å². The molecule has 26 heavy (non-hydrogen) atoms. The first kappa shape index (κ1) is 18.9. The van der Waals surface area contributed by atoms with Gasteiger partial charge in [0.1, 0.15) is 18.3 Å². The number of Topliss-reactive ketones (excluding diaryl/α,β-unsaturated/α-hetero) is 1. The summed E-state index contributed by atoms with van der Waals surface area (Å²) in [4.78, 5) is 23.7. The van der Waals surface area contributed by atoms with Crippen LogP contribution < -0.4 is 4.74 Å². The molecule has 0 spiro atoms. The zero-order valence-corrected chi connectivity index (χ0v) is 14.3. The van der Waals surface area contributed by atoms with E-state index in [1.165, 1.54) is 19.1 Å². The number of ketones is 1. The molecule has 2 rings (SSSR count). The molecule has 6 heteroatoms. The second kappa shape index (κ2) is 9.14. The highest BCUT2D eigenvalue weighted by molar-refractivity contribution is 6.06. The predicted octanol–water partition coefficient (Wildman–Crippen LogP) is 3.17. The van der Waals surface area contributed by atoms with Gasteiger partial charge in [0.25, 0.3) is 0 Å². The molecule has 0 bridgehead atoms. The van der Waals surface area contributed by atoms with E-state index in [1.807, 2.05) is 30.3 Å². The van der Waals surface area contributed by atoms with Gasteiger partial charge in [-0.2, -0.15) is 5.26 Å². The number of carbonyl (C=O) groups excluding carboxylic acids is 2. The Morgan fingerprint density at radius 3 is 2.35 bits per heavy atom. The molecule has 0 radical (unpaired) electrons. The first-order chi connectivity index (χ1) is 12.5. The number of nitrogens with one attached hydrogen (secondary N) is 1. The lowest BCUT2D eigenvalue weighted by atomic mass is 10.0. The molecule has 1 atom stereocenters. The summed E-state index contributed by atoms with van der Waals surface area (Å²) in [5.41, 5.74) is 1.22. The fraction of sp³-hybridized carbons (Fsp3) is 0.200. The van der Waals surface area contributed by atoms with Gasteiger partial charge in [0.05, 0.1) is 11.6 Å². The second-order valence-electron chi connectivity index (χ2n) is 5.59. The molecule has 6 nitrogen and oxygen atoms in total. The van der Waals surface area contributed by atoms with Crippen LogP contribution in [0.1, 0.15) is 22.8 Å². The minimum atomic E-state index is -1.18. The van der Waals surface area contributed by atoms with Crippen molar-refractivity contribution < 1.29 is 19.1 Å². The highest BCUT2D eigenvalue weighted by Gasteiger charge is 2.21. The Hall–Kier alpha value is -3.46. The normalized spacial score (nSPS) is 11.1. The molecule has 0 saturated heterocycles. The Morgan fingerprint density at radius 1 is 1.12 bits per heavy atom. The maximum atomic E-state index is 12.0. The molecule has 0 aliphatic heterocycles. The summed E-state index contributed by atoms with van der Waals surface area (Å²) in [6.45, 7) is 1.24. The van der Waals surface area contributed by atoms with Gasteiger partial charge in [0.15, 0.2) is 12.4 Å². The largest absolute Gasteiger partial charge is 0.489 e. The van der Waals surface area contributed by atoms with Gasteiger partial charge in [-0.15, -0.1) is 0 Å². The number of nitrogens with zero attached hydrogens (tertiary/aromatic N) is 1. The Balaban J connectivity index is 1.87. The molecule has 2 aromatic rings. The van der Waals surface area contributed by atoms with Gasteiger partial charge in [-0.25, -0.2) is 4.79 Å². The number of ether oxygens (including phenoxy) is 2. The summed E-state index contributed by atoms with van der Waals surface area (Å²) in [6, 6.07) is 17.8. The molecule has 132 valence electrons. The zero-order valence-electron chi connectivity index (χ0n) is 14.3. The fourth-order valence-corrected chi connectivity index (χ4v) is 2.14. The molecule has 0 aliphatic rings. The number of benzene rings is 2. The summed E-state index contributed by atoms with van der Waals surface area (Å²) in [5.74, 6) is -1.87. The van der Waals surface area contributed by atoms with Gasteiger partial charge in [-0.3, -0.25) is 4.79 Å². The van der Waals surface area contributed by atoms with Crippen LogP contribution in [-0.4, -0.2) is 24.1 Å². The van der Waals surface area contributed by atoms with Gasteiger partial charge >= 0.3 is 5.97 Å². The zero-order chi connectivity index (χ0) is 18.9. The van der Waals surface area contributed by atoms with Crippen LogP contribution in [0.15, 0.2) is 54.6 Å². The minimum Gasteiger partial charge on any atom is -0.489 e. The number of nitriles is 1. The van der Waals surface area contributed by atoms with Crippen molar-refractivity contribution in [2.24, 2.45) is 5.92 Å². The summed E-state index contributed by atoms with van der Waals surface area (Å²) in [7, 11) is 0. The van der Waals surface area contributed by atoms with Crippen LogP contribution in [0.25, 0.3) is 0 Å². The molecule has 1 N–H and O–H groups in total. The lowest BCUT2D eigenvalue weighted by molar-refractivity contribution is -0.122. The SMILES string of the molecule is CC(=N)C(C#N)C(=O)COC(=O)c1ccc(OCc2ccccc2)cc1. The molecule has 0 aliphatic carbocycles. The first-order valence-electron chi connectivity index (χ1n) is 7.92. The molecule has 0 aromatic heterocycles. The molecule has 0 saturated carbocycles. The Bertz CT molecular complexity index is 823. The minimum absolute atomic E-state index is 0.0755. The quantitative estimate of drug-likeness (QED) is 0.582. The van der Waals surface area contributed by atoms with E-state index >= 15 is 0 Å². The number of esters is 1. The van der Waals surface area contributed by atoms with Crippen LogP contribution >= 0.6 is 0 Å². The van der Waals surface area contributed by atoms with Crippen LogP contribution in [0.3, 0.4) is 0 Å². The standard InChI is InChI=1S/C20H18N2O4/c1-14(22)18(11-21)19(23)13-26-20(24)16-7-9-17(10-8-16)25-12-15-5-3-2-4-6-15/h2-10,18,22H,12-13H2,1H3. The highest BCUT2D eigenvalue weighted by Crippen LogP contribution is 2.15. The molecule has 0 amide bonds. The lowest BCUT2D eigenvalue weighted by Gasteiger charge is -2.09. The molecule has 1 unspecified atom stereocenters. The van der Waals surface area contributed by atoms with E-state index in [9.17, 15) is 9.59 Å². The van der Waals surface area contributed by atoms with Crippen LogP contribution in [0.4, 0.5) is 0 Å². The number of hydrogen-bond acceptors (Lipinski definition) is 6. The molecular weight excluding hydrogens is 332 g/mol. The van der Waals surface area contributed by atoms with Crippen molar-refractivity contribution in [2.75, 3.05) is 6.61 Å². The van der Waals surface area contributed by atoms with Gasteiger partial charge in [-0.05, 0) is 36.8 Å². The summed E-state index contributed by atoms with van der Waals surface area (Å²) >= 11 is 0. The third-order valence-electron chi connectivity index (χ3n) is 3.57. The Morgan fingerprint density at radius 2 is 1.77 bits per heavy atom. The third-order valence-corrected chi connectivity index (χ3v) is 3.57. The molecule has 0 fully saturated rings. The third kappa shape index (κ3) is 5.28. The number of hydrogen-bond donors (Lipinski definition) is 1. The molecular formula is C20H18N2O4. The van der Waals surface area contributed by atoms with Crippen molar-refractivity contribution in [1.29, 1.82) is 10.7 Å². The van der Waals surface area contributed by atoms with Crippen molar-refractivity contribution in [1.82, 2.24) is 0 Å². The van der Waals surface area contributed by atoms with Crippen LogP contribution in [0.2, 0.25) is 0 Å². The van der Waals surface area contributed by atoms with Crippen LogP contribution in [-0.2, 0) is 16.1 Å². The van der Waals surface area contributed by atoms with Gasteiger partial charge in [0, 0.05) is 5.71 Å². The summed E-state index contributed by atoms with van der Waals surface area (Å²) in [5, 5.41) is 16.2. The van der Waals surface area contributed by atoms with E-state index in [0.29, 0.717) is 12.4 Å². The smallest absolute Gasteiger partial charge is 0.338 e. The van der Waals surface area contributed by atoms with E-state index in [1.54, 1.807) is 18.2 Å². The van der Waals surface area contributed by atoms with Crippen LogP contribution in [0.5, 0.6) is 5.75 Å². The van der Waals surface area contributed by atoms with Gasteiger partial charge in [0.2, 0.25) is 0 Å². The molecule has 0 heterocycles. The van der Waals surface area contributed by atoms with Gasteiger partial charge < -0.3 is 14.9 Å². The summed E-state index contributed by atoms with van der Waals surface area (Å²) < 4.78 is 10.5. The van der Waals surface area contributed by atoms with E-state index in [2.05, 4.69) is 0 Å². The van der Waals surface area contributed by atoms with E-state index in [-0.39, 0.29) is 11.3 Å². The monoisotopic (exact) mass is 350 g/mol. The van der Waals surface area contributed by atoms with E-state index in [4.69, 9.17) is 20.1 Å². The topological polar surface area (TPSA) is 100 Å². The van der Waals surface area contributed by atoms with Crippen molar-refractivity contribution in [3.8, 4) is 11.8 Å². The fourth-order valence-electron chi connectivity index (χ4n) is 2.14. The van der Waals surface area contributed by atoms with Crippen molar-refractivity contribution in [2.45, 2.75) is 13.5 Å². The number of rotatable bonds is 8. The first-order valence-corrected chi connectivity index (χ1v) is 7.92. The Kier molecular flexibility index (Phi) is 6.63.